The van der Waals surface area contributed by atoms with Gasteiger partial charge in [0.15, 0.2) is 0 Å². The number of carbonyl (C=O) groups is 1. The number of nitrogens with one attached hydrogen (secondary N) is 1. The summed E-state index contributed by atoms with van der Waals surface area (Å²) in [6.45, 7) is 1.71. The van der Waals surface area contributed by atoms with E-state index in [0.717, 1.165) is 5.56 Å². The number of aromatic nitrogens is 1. The highest BCUT2D eigenvalue weighted by molar-refractivity contribution is 7.89. The third-order valence-electron chi connectivity index (χ3n) is 3.28. The molecule has 0 fully saturated rings. The number of sulfonamides is 1. The standard InChI is InChI=1S/C15H17N3O4S/c1-10(11-5-7-17-8-6-11)18-23(20,21)12-3-4-14(22-2)13(9-12)15(16)19/h3-10,18H,1-2H3,(H2,16,19)/t10-/m0/s1. The molecule has 23 heavy (non-hydrogen) atoms. The Kier molecular flexibility index (Phi) is 4.97. The van der Waals surface area contributed by atoms with Gasteiger partial charge in [0, 0.05) is 18.4 Å². The molecule has 0 aliphatic carbocycles. The summed E-state index contributed by atoms with van der Waals surface area (Å²) in [5.41, 5.74) is 6.03. The van der Waals surface area contributed by atoms with Gasteiger partial charge >= 0.3 is 0 Å². The second-order valence-corrected chi connectivity index (χ2v) is 6.56. The summed E-state index contributed by atoms with van der Waals surface area (Å²) in [7, 11) is -2.45. The van der Waals surface area contributed by atoms with Gasteiger partial charge in [-0.3, -0.25) is 9.78 Å². The Hall–Kier alpha value is -2.45. The minimum atomic E-state index is -3.82. The molecule has 1 heterocycles. The van der Waals surface area contributed by atoms with Crippen molar-refractivity contribution in [1.29, 1.82) is 0 Å². The molecule has 122 valence electrons. The Bertz CT molecular complexity index is 807. The van der Waals surface area contributed by atoms with Crippen LogP contribution in [0, 0.1) is 0 Å². The fourth-order valence-electron chi connectivity index (χ4n) is 2.07. The van der Waals surface area contributed by atoms with Gasteiger partial charge in [-0.2, -0.15) is 0 Å². The molecule has 0 saturated carbocycles. The number of nitrogens with zero attached hydrogens (tertiary/aromatic N) is 1. The summed E-state index contributed by atoms with van der Waals surface area (Å²) in [6.07, 6.45) is 3.16. The first-order valence-corrected chi connectivity index (χ1v) is 8.23. The number of hydrogen-bond donors (Lipinski definition) is 2. The molecule has 0 unspecified atom stereocenters. The van der Waals surface area contributed by atoms with Crippen molar-refractivity contribution in [3.8, 4) is 5.75 Å². The number of ether oxygens (including phenoxy) is 1. The van der Waals surface area contributed by atoms with Crippen LogP contribution in [0.5, 0.6) is 5.75 Å². The molecule has 1 aromatic heterocycles. The first-order chi connectivity index (χ1) is 10.8. The van der Waals surface area contributed by atoms with E-state index in [1.165, 1.54) is 25.3 Å². The summed E-state index contributed by atoms with van der Waals surface area (Å²) in [5, 5.41) is 0. The van der Waals surface area contributed by atoms with E-state index >= 15 is 0 Å². The van der Waals surface area contributed by atoms with Crippen molar-refractivity contribution in [3.63, 3.8) is 0 Å². The maximum Gasteiger partial charge on any atom is 0.252 e. The number of hydrogen-bond acceptors (Lipinski definition) is 5. The van der Waals surface area contributed by atoms with Crippen molar-refractivity contribution in [2.45, 2.75) is 17.9 Å². The summed E-state index contributed by atoms with van der Waals surface area (Å²) in [5.74, 6) is -0.542. The number of primary amides is 1. The van der Waals surface area contributed by atoms with E-state index in [9.17, 15) is 13.2 Å². The first-order valence-electron chi connectivity index (χ1n) is 6.75. The van der Waals surface area contributed by atoms with Crippen LogP contribution in [0.25, 0.3) is 0 Å². The molecule has 3 N–H and O–H groups in total. The molecule has 0 spiro atoms. The average Bonchev–Trinajstić information content (AvgIpc) is 2.54. The van der Waals surface area contributed by atoms with E-state index in [-0.39, 0.29) is 16.2 Å². The van der Waals surface area contributed by atoms with E-state index in [2.05, 4.69) is 9.71 Å². The van der Waals surface area contributed by atoms with Crippen LogP contribution in [-0.2, 0) is 10.0 Å². The van der Waals surface area contributed by atoms with Crippen molar-refractivity contribution in [2.24, 2.45) is 5.73 Å². The number of amides is 1. The minimum Gasteiger partial charge on any atom is -0.496 e. The second kappa shape index (κ2) is 6.76. The molecular formula is C15H17N3O4S. The molecule has 0 aliphatic heterocycles. The van der Waals surface area contributed by atoms with Crippen LogP contribution in [0.1, 0.15) is 28.9 Å². The summed E-state index contributed by atoms with van der Waals surface area (Å²) in [6, 6.07) is 6.93. The molecule has 0 saturated heterocycles. The molecule has 2 rings (SSSR count). The summed E-state index contributed by atoms with van der Waals surface area (Å²) < 4.78 is 32.5. The monoisotopic (exact) mass is 335 g/mol. The van der Waals surface area contributed by atoms with Crippen LogP contribution in [0.3, 0.4) is 0 Å². The minimum absolute atomic E-state index is 0.00643. The van der Waals surface area contributed by atoms with Gasteiger partial charge in [-0.15, -0.1) is 0 Å². The highest BCUT2D eigenvalue weighted by atomic mass is 32.2. The lowest BCUT2D eigenvalue weighted by molar-refractivity contribution is 0.0997. The number of methoxy groups -OCH3 is 1. The third kappa shape index (κ3) is 3.85. The number of benzene rings is 1. The Morgan fingerprint density at radius 1 is 1.26 bits per heavy atom. The van der Waals surface area contributed by atoms with Crippen molar-refractivity contribution < 1.29 is 17.9 Å². The lowest BCUT2D eigenvalue weighted by Gasteiger charge is -2.15. The van der Waals surface area contributed by atoms with Crippen LogP contribution in [0.15, 0.2) is 47.6 Å². The zero-order valence-electron chi connectivity index (χ0n) is 12.7. The normalized spacial score (nSPS) is 12.6. The Balaban J connectivity index is 2.33. The summed E-state index contributed by atoms with van der Waals surface area (Å²) in [4.78, 5) is 15.3. The number of rotatable bonds is 6. The molecule has 8 heteroatoms. The van der Waals surface area contributed by atoms with E-state index in [4.69, 9.17) is 10.5 Å². The second-order valence-electron chi connectivity index (χ2n) is 4.85. The van der Waals surface area contributed by atoms with Gasteiger partial charge in [0.25, 0.3) is 5.91 Å². The van der Waals surface area contributed by atoms with Crippen LogP contribution >= 0.6 is 0 Å². The molecule has 0 radical (unpaired) electrons. The van der Waals surface area contributed by atoms with Gasteiger partial charge in [-0.1, -0.05) is 0 Å². The highest BCUT2D eigenvalue weighted by Gasteiger charge is 2.21. The topological polar surface area (TPSA) is 111 Å². The van der Waals surface area contributed by atoms with E-state index in [0.29, 0.717) is 0 Å². The van der Waals surface area contributed by atoms with Crippen LogP contribution in [-0.4, -0.2) is 26.4 Å². The van der Waals surface area contributed by atoms with Gasteiger partial charge in [0.05, 0.1) is 17.6 Å². The lowest BCUT2D eigenvalue weighted by atomic mass is 10.1. The molecular weight excluding hydrogens is 318 g/mol. The fraction of sp³-hybridized carbons (Fsp3) is 0.200. The third-order valence-corrected chi connectivity index (χ3v) is 4.82. The predicted octanol–water partition coefficient (Wildman–Crippen LogP) is 1.23. The van der Waals surface area contributed by atoms with Gasteiger partial charge < -0.3 is 10.5 Å². The Labute approximate surface area is 134 Å². The Morgan fingerprint density at radius 2 is 1.91 bits per heavy atom. The Morgan fingerprint density at radius 3 is 2.48 bits per heavy atom. The molecule has 1 aromatic carbocycles. The van der Waals surface area contributed by atoms with E-state index in [1.807, 2.05) is 0 Å². The number of pyridine rings is 1. The van der Waals surface area contributed by atoms with Crippen LogP contribution < -0.4 is 15.2 Å². The van der Waals surface area contributed by atoms with E-state index < -0.39 is 22.0 Å². The quantitative estimate of drug-likeness (QED) is 0.824. The molecule has 0 aliphatic rings. The smallest absolute Gasteiger partial charge is 0.252 e. The lowest BCUT2D eigenvalue weighted by Crippen LogP contribution is -2.27. The zero-order valence-corrected chi connectivity index (χ0v) is 13.5. The van der Waals surface area contributed by atoms with Gasteiger partial charge in [0.2, 0.25) is 10.0 Å². The number of nitrogens with two attached hydrogens (primary N) is 1. The maximum atomic E-state index is 12.5. The molecule has 2 aromatic rings. The van der Waals surface area contributed by atoms with Crippen molar-refractivity contribution in [1.82, 2.24) is 9.71 Å². The SMILES string of the molecule is COc1ccc(S(=O)(=O)N[C@@H](C)c2ccncc2)cc1C(N)=O. The zero-order chi connectivity index (χ0) is 17.0. The fourth-order valence-corrected chi connectivity index (χ4v) is 3.33. The van der Waals surface area contributed by atoms with E-state index in [1.54, 1.807) is 31.5 Å². The highest BCUT2D eigenvalue weighted by Crippen LogP contribution is 2.23. The van der Waals surface area contributed by atoms with Gasteiger partial charge in [-0.05, 0) is 42.8 Å². The molecule has 1 amide bonds. The summed E-state index contributed by atoms with van der Waals surface area (Å²) >= 11 is 0. The van der Waals surface area contributed by atoms with Crippen molar-refractivity contribution in [3.05, 3.63) is 53.9 Å². The van der Waals surface area contributed by atoms with Crippen molar-refractivity contribution in [2.75, 3.05) is 7.11 Å². The first kappa shape index (κ1) is 16.9. The molecule has 1 atom stereocenters. The van der Waals surface area contributed by atoms with Crippen LogP contribution in [0.2, 0.25) is 0 Å². The predicted molar refractivity (Wildman–Crippen MR) is 84.5 cm³/mol. The largest absolute Gasteiger partial charge is 0.496 e. The van der Waals surface area contributed by atoms with Gasteiger partial charge in [0.1, 0.15) is 5.75 Å². The molecule has 0 bridgehead atoms. The number of carbonyl (C=O) groups excluding carboxylic acids is 1. The molecule has 7 nitrogen and oxygen atoms in total. The van der Waals surface area contributed by atoms with Crippen LogP contribution in [0.4, 0.5) is 0 Å². The average molecular weight is 335 g/mol. The maximum absolute atomic E-state index is 12.5. The van der Waals surface area contributed by atoms with Gasteiger partial charge in [-0.25, -0.2) is 13.1 Å². The van der Waals surface area contributed by atoms with Crippen molar-refractivity contribution >= 4 is 15.9 Å².